The molecule has 0 radical (unpaired) electrons. The maximum Gasteiger partial charge on any atom is 0.122 e. The van der Waals surface area contributed by atoms with Gasteiger partial charge in [0.05, 0.1) is 17.3 Å². The highest BCUT2D eigenvalue weighted by Crippen LogP contribution is 2.29. The Morgan fingerprint density at radius 3 is 3.05 bits per heavy atom. The molecule has 1 aliphatic heterocycles. The minimum atomic E-state index is 0.377. The molecule has 1 aliphatic rings. The quantitative estimate of drug-likeness (QED) is 0.879. The molecule has 0 spiro atoms. The summed E-state index contributed by atoms with van der Waals surface area (Å²) in [7, 11) is 0. The molecule has 0 saturated carbocycles. The number of hydrogen-bond acceptors (Lipinski definition) is 4. The molecule has 0 fully saturated rings. The largest absolute Gasteiger partial charge is 0.493 e. The fourth-order valence-corrected chi connectivity index (χ4v) is 3.49. The van der Waals surface area contributed by atoms with E-state index < -0.39 is 0 Å². The Kier molecular flexibility index (Phi) is 4.56. The maximum atomic E-state index is 5.58. The molecule has 112 valence electrons. The van der Waals surface area contributed by atoms with Crippen molar-refractivity contribution >= 4 is 11.3 Å². The molecule has 1 aromatic carbocycles. The van der Waals surface area contributed by atoms with Gasteiger partial charge in [0.15, 0.2) is 0 Å². The Bertz CT molecular complexity index is 609. The Balaban J connectivity index is 1.67. The monoisotopic (exact) mass is 302 g/mol. The van der Waals surface area contributed by atoms with Gasteiger partial charge in [0.2, 0.25) is 0 Å². The number of ether oxygens (including phenoxy) is 1. The van der Waals surface area contributed by atoms with Gasteiger partial charge >= 0.3 is 0 Å². The van der Waals surface area contributed by atoms with Gasteiger partial charge < -0.3 is 10.1 Å². The first-order valence-corrected chi connectivity index (χ1v) is 8.60. The minimum absolute atomic E-state index is 0.377. The minimum Gasteiger partial charge on any atom is -0.493 e. The van der Waals surface area contributed by atoms with E-state index in [4.69, 9.17) is 4.74 Å². The second kappa shape index (κ2) is 6.58. The fraction of sp³-hybridized carbons (Fsp3) is 0.471. The van der Waals surface area contributed by atoms with Crippen LogP contribution in [-0.4, -0.2) is 11.6 Å². The molecule has 3 rings (SSSR count). The normalized spacial score (nSPS) is 14.8. The van der Waals surface area contributed by atoms with E-state index in [1.54, 1.807) is 11.3 Å². The van der Waals surface area contributed by atoms with Gasteiger partial charge in [-0.1, -0.05) is 26.0 Å². The van der Waals surface area contributed by atoms with Crippen LogP contribution in [0.1, 0.15) is 48.1 Å². The number of nitrogens with zero attached hydrogens (tertiary/aromatic N) is 1. The van der Waals surface area contributed by atoms with E-state index in [0.29, 0.717) is 6.04 Å². The molecule has 0 bridgehead atoms. The van der Waals surface area contributed by atoms with E-state index in [-0.39, 0.29) is 0 Å². The lowest BCUT2D eigenvalue weighted by atomic mass is 10.0. The molecular formula is C17H22N2OS. The Morgan fingerprint density at radius 2 is 2.29 bits per heavy atom. The highest BCUT2D eigenvalue weighted by atomic mass is 32.1. The lowest BCUT2D eigenvalue weighted by Crippen LogP contribution is -2.20. The number of hydrogen-bond donors (Lipinski definition) is 1. The molecule has 4 heteroatoms. The second-order valence-corrected chi connectivity index (χ2v) is 6.34. The molecule has 21 heavy (non-hydrogen) atoms. The number of aryl methyl sites for hydroxylation is 1. The van der Waals surface area contributed by atoms with Gasteiger partial charge in [0.25, 0.3) is 0 Å². The van der Waals surface area contributed by atoms with Crippen molar-refractivity contribution in [3.05, 3.63) is 45.4 Å². The number of benzene rings is 1. The molecule has 3 nitrogen and oxygen atoms in total. The van der Waals surface area contributed by atoms with Gasteiger partial charge in [-0.25, -0.2) is 4.98 Å². The third-order valence-corrected chi connectivity index (χ3v) is 5.00. The number of aromatic nitrogens is 1. The summed E-state index contributed by atoms with van der Waals surface area (Å²) in [5.41, 5.74) is 3.85. The van der Waals surface area contributed by atoms with Crippen LogP contribution in [0.3, 0.4) is 0 Å². The molecule has 1 aromatic heterocycles. The van der Waals surface area contributed by atoms with Gasteiger partial charge in [0, 0.05) is 24.4 Å². The Morgan fingerprint density at radius 1 is 1.38 bits per heavy atom. The second-order valence-electron chi connectivity index (χ2n) is 5.39. The topological polar surface area (TPSA) is 34.2 Å². The fourth-order valence-electron chi connectivity index (χ4n) is 2.74. The third kappa shape index (κ3) is 3.27. The first-order valence-electron chi connectivity index (χ1n) is 7.72. The zero-order chi connectivity index (χ0) is 14.7. The lowest BCUT2D eigenvalue weighted by Gasteiger charge is -2.17. The SMILES string of the molecule is CCc1nc(CNC(CC)c2ccc3c(c2)CCO3)cs1. The molecule has 2 aromatic rings. The summed E-state index contributed by atoms with van der Waals surface area (Å²) < 4.78 is 5.58. The smallest absolute Gasteiger partial charge is 0.122 e. The molecular weight excluding hydrogens is 280 g/mol. The maximum absolute atomic E-state index is 5.58. The van der Waals surface area contributed by atoms with Gasteiger partial charge in [-0.15, -0.1) is 11.3 Å². The van der Waals surface area contributed by atoms with Gasteiger partial charge in [-0.05, 0) is 30.0 Å². The van der Waals surface area contributed by atoms with Crippen molar-refractivity contribution in [2.75, 3.05) is 6.61 Å². The van der Waals surface area contributed by atoms with Crippen LogP contribution in [-0.2, 0) is 19.4 Å². The number of thiazole rings is 1. The standard InChI is InChI=1S/C17H22N2OS/c1-3-15(18-10-14-11-21-17(4-2)19-14)12-5-6-16-13(9-12)7-8-20-16/h5-6,9,11,15,18H,3-4,7-8,10H2,1-2H3. The molecule has 1 unspecified atom stereocenters. The van der Waals surface area contributed by atoms with Gasteiger partial charge in [-0.3, -0.25) is 0 Å². The molecule has 2 heterocycles. The van der Waals surface area contributed by atoms with E-state index in [2.05, 4.69) is 47.7 Å². The summed E-state index contributed by atoms with van der Waals surface area (Å²) in [6.45, 7) is 6.03. The summed E-state index contributed by atoms with van der Waals surface area (Å²) in [4.78, 5) is 4.62. The van der Waals surface area contributed by atoms with Crippen LogP contribution in [0, 0.1) is 0 Å². The molecule has 0 amide bonds. The summed E-state index contributed by atoms with van der Waals surface area (Å²) in [6.07, 6.45) is 3.13. The van der Waals surface area contributed by atoms with Gasteiger partial charge in [0.1, 0.15) is 5.75 Å². The van der Waals surface area contributed by atoms with Crippen LogP contribution >= 0.6 is 11.3 Å². The van der Waals surface area contributed by atoms with Crippen LogP contribution in [0.25, 0.3) is 0 Å². The lowest BCUT2D eigenvalue weighted by molar-refractivity contribution is 0.356. The van der Waals surface area contributed by atoms with Crippen molar-refractivity contribution in [1.82, 2.24) is 10.3 Å². The van der Waals surface area contributed by atoms with Crippen molar-refractivity contribution in [1.29, 1.82) is 0 Å². The summed E-state index contributed by atoms with van der Waals surface area (Å²) in [5.74, 6) is 1.06. The van der Waals surface area contributed by atoms with E-state index in [9.17, 15) is 0 Å². The summed E-state index contributed by atoms with van der Waals surface area (Å²) in [5, 5.41) is 7.01. The van der Waals surface area contributed by atoms with E-state index in [1.165, 1.54) is 16.1 Å². The van der Waals surface area contributed by atoms with Crippen molar-refractivity contribution in [2.45, 2.75) is 45.7 Å². The van der Waals surface area contributed by atoms with Crippen molar-refractivity contribution in [3.63, 3.8) is 0 Å². The van der Waals surface area contributed by atoms with Crippen LogP contribution in [0.2, 0.25) is 0 Å². The van der Waals surface area contributed by atoms with Crippen molar-refractivity contribution < 1.29 is 4.74 Å². The van der Waals surface area contributed by atoms with E-state index in [0.717, 1.165) is 43.9 Å². The van der Waals surface area contributed by atoms with E-state index in [1.807, 2.05) is 0 Å². The van der Waals surface area contributed by atoms with Crippen LogP contribution < -0.4 is 10.1 Å². The molecule has 1 atom stereocenters. The number of fused-ring (bicyclic) bond motifs is 1. The summed E-state index contributed by atoms with van der Waals surface area (Å²) >= 11 is 1.75. The van der Waals surface area contributed by atoms with E-state index >= 15 is 0 Å². The zero-order valence-electron chi connectivity index (χ0n) is 12.7. The van der Waals surface area contributed by atoms with Crippen LogP contribution in [0.5, 0.6) is 5.75 Å². The first kappa shape index (κ1) is 14.5. The number of nitrogens with one attached hydrogen (secondary N) is 1. The predicted octanol–water partition coefficient (Wildman–Crippen LogP) is 3.88. The molecule has 1 N–H and O–H groups in total. The van der Waals surface area contributed by atoms with Crippen LogP contribution in [0.4, 0.5) is 0 Å². The zero-order valence-corrected chi connectivity index (χ0v) is 13.5. The Labute approximate surface area is 130 Å². The average molecular weight is 302 g/mol. The van der Waals surface area contributed by atoms with Crippen molar-refractivity contribution in [3.8, 4) is 5.75 Å². The first-order chi connectivity index (χ1) is 10.3. The molecule has 0 aliphatic carbocycles. The van der Waals surface area contributed by atoms with Crippen molar-refractivity contribution in [2.24, 2.45) is 0 Å². The third-order valence-electron chi connectivity index (χ3n) is 3.96. The molecule has 0 saturated heterocycles. The predicted molar refractivity (Wildman–Crippen MR) is 87.0 cm³/mol. The highest BCUT2D eigenvalue weighted by Gasteiger charge is 2.16. The van der Waals surface area contributed by atoms with Gasteiger partial charge in [-0.2, -0.15) is 0 Å². The Hall–Kier alpha value is -1.39. The number of rotatable bonds is 6. The van der Waals surface area contributed by atoms with Crippen LogP contribution in [0.15, 0.2) is 23.6 Å². The average Bonchev–Trinajstić information content (AvgIpc) is 3.16. The summed E-state index contributed by atoms with van der Waals surface area (Å²) in [6, 6.07) is 6.97. The highest BCUT2D eigenvalue weighted by molar-refractivity contribution is 7.09.